The highest BCUT2D eigenvalue weighted by atomic mass is 14.5. The van der Waals surface area contributed by atoms with Gasteiger partial charge < -0.3 is 0 Å². The minimum atomic E-state index is 0.851. The van der Waals surface area contributed by atoms with E-state index in [0.29, 0.717) is 0 Å². The molecule has 0 saturated heterocycles. The van der Waals surface area contributed by atoms with Crippen LogP contribution in [0.25, 0.3) is 0 Å². The van der Waals surface area contributed by atoms with E-state index in [1.165, 1.54) is 32.1 Å². The van der Waals surface area contributed by atoms with Gasteiger partial charge >= 0.3 is 0 Å². The molecular formula is C17H24. The van der Waals surface area contributed by atoms with Gasteiger partial charge in [0.25, 0.3) is 0 Å². The fraction of sp³-hybridized carbons (Fsp3) is 0.765. The van der Waals surface area contributed by atoms with Gasteiger partial charge in [-0.15, -0.1) is 0 Å². The Morgan fingerprint density at radius 2 is 1.88 bits per heavy atom. The second-order valence-corrected chi connectivity index (χ2v) is 6.77. The van der Waals surface area contributed by atoms with Crippen molar-refractivity contribution >= 4 is 0 Å². The first-order chi connectivity index (χ1) is 8.43. The van der Waals surface area contributed by atoms with Gasteiger partial charge in [0.05, 0.1) is 0 Å². The molecule has 0 aromatic rings. The normalized spacial score (nSPS) is 48.0. The van der Waals surface area contributed by atoms with E-state index in [4.69, 9.17) is 0 Å². The van der Waals surface area contributed by atoms with Crippen LogP contribution in [0.3, 0.4) is 0 Å². The molecule has 0 radical (unpaired) electrons. The molecule has 4 rings (SSSR count). The molecule has 0 aromatic carbocycles. The molecule has 0 nitrogen and oxygen atoms in total. The minimum absolute atomic E-state index is 0.851. The van der Waals surface area contributed by atoms with Crippen LogP contribution in [-0.4, -0.2) is 0 Å². The summed E-state index contributed by atoms with van der Waals surface area (Å²) < 4.78 is 0. The van der Waals surface area contributed by atoms with Crippen molar-refractivity contribution in [2.24, 2.45) is 29.6 Å². The van der Waals surface area contributed by atoms with Crippen molar-refractivity contribution < 1.29 is 0 Å². The zero-order valence-electron chi connectivity index (χ0n) is 10.8. The lowest BCUT2D eigenvalue weighted by molar-refractivity contribution is 0.0673. The van der Waals surface area contributed by atoms with Gasteiger partial charge in [0, 0.05) is 5.92 Å². The van der Waals surface area contributed by atoms with Gasteiger partial charge in [-0.25, -0.2) is 0 Å². The summed E-state index contributed by atoms with van der Waals surface area (Å²) >= 11 is 0. The molecule has 0 heterocycles. The quantitative estimate of drug-likeness (QED) is 0.526. The first kappa shape index (κ1) is 10.4. The van der Waals surface area contributed by atoms with Crippen molar-refractivity contribution in [3.8, 4) is 0 Å². The number of hydrogen-bond acceptors (Lipinski definition) is 0. The van der Waals surface area contributed by atoms with Gasteiger partial charge in [0.15, 0.2) is 0 Å². The molecule has 5 unspecified atom stereocenters. The summed E-state index contributed by atoms with van der Waals surface area (Å²) in [5.41, 5.74) is 1.80. The Labute approximate surface area is 105 Å². The Morgan fingerprint density at radius 1 is 0.882 bits per heavy atom. The molecule has 3 fully saturated rings. The Hall–Kier alpha value is -0.520. The monoisotopic (exact) mass is 228 g/mol. The maximum atomic E-state index is 2.56. The fourth-order valence-corrected chi connectivity index (χ4v) is 5.52. The first-order valence-corrected chi connectivity index (χ1v) is 7.79. The Morgan fingerprint density at radius 3 is 2.88 bits per heavy atom. The molecule has 0 N–H and O–H groups in total. The lowest BCUT2D eigenvalue weighted by Gasteiger charge is -2.48. The molecule has 0 amide bonds. The van der Waals surface area contributed by atoms with Crippen LogP contribution >= 0.6 is 0 Å². The average molecular weight is 228 g/mol. The summed E-state index contributed by atoms with van der Waals surface area (Å²) in [6.45, 7) is 0. The molecule has 3 saturated carbocycles. The molecule has 0 aliphatic heterocycles. The molecule has 0 heteroatoms. The van der Waals surface area contributed by atoms with E-state index >= 15 is 0 Å². The second kappa shape index (κ2) is 4.00. The van der Waals surface area contributed by atoms with Crippen LogP contribution < -0.4 is 0 Å². The Bertz CT molecular complexity index is 362. The Kier molecular flexibility index (Phi) is 2.45. The average Bonchev–Trinajstić information content (AvgIpc) is 2.86. The van der Waals surface area contributed by atoms with Crippen molar-refractivity contribution in [2.75, 3.05) is 0 Å². The van der Waals surface area contributed by atoms with E-state index in [1.54, 1.807) is 24.8 Å². The molecule has 92 valence electrons. The second-order valence-electron chi connectivity index (χ2n) is 6.77. The first-order valence-electron chi connectivity index (χ1n) is 7.79. The number of hydrogen-bond donors (Lipinski definition) is 0. The van der Waals surface area contributed by atoms with Crippen LogP contribution in [0.1, 0.15) is 51.4 Å². The van der Waals surface area contributed by atoms with E-state index < -0.39 is 0 Å². The van der Waals surface area contributed by atoms with Crippen LogP contribution in [0.15, 0.2) is 23.8 Å². The molecule has 0 aromatic heterocycles. The summed E-state index contributed by atoms with van der Waals surface area (Å²) in [6.07, 6.45) is 19.3. The van der Waals surface area contributed by atoms with Gasteiger partial charge in [-0.1, -0.05) is 36.6 Å². The van der Waals surface area contributed by atoms with Crippen LogP contribution in [0.2, 0.25) is 0 Å². The summed E-state index contributed by atoms with van der Waals surface area (Å²) in [5, 5.41) is 0. The van der Waals surface area contributed by atoms with Gasteiger partial charge in [-0.2, -0.15) is 0 Å². The third kappa shape index (κ3) is 1.56. The number of rotatable bonds is 0. The smallest absolute Gasteiger partial charge is 0.000798 e. The van der Waals surface area contributed by atoms with E-state index in [-0.39, 0.29) is 0 Å². The summed E-state index contributed by atoms with van der Waals surface area (Å²) in [6, 6.07) is 0. The highest BCUT2D eigenvalue weighted by molar-refractivity contribution is 5.24. The Balaban J connectivity index is 1.63. The van der Waals surface area contributed by atoms with Crippen molar-refractivity contribution in [2.45, 2.75) is 51.4 Å². The largest absolute Gasteiger partial charge is 0.0841 e. The van der Waals surface area contributed by atoms with Gasteiger partial charge in [0.2, 0.25) is 0 Å². The predicted octanol–water partition coefficient (Wildman–Crippen LogP) is 4.73. The van der Waals surface area contributed by atoms with E-state index in [2.05, 4.69) is 18.2 Å². The zero-order valence-corrected chi connectivity index (χ0v) is 10.8. The highest BCUT2D eigenvalue weighted by Gasteiger charge is 2.46. The summed E-state index contributed by atoms with van der Waals surface area (Å²) in [7, 11) is 0. The third-order valence-corrected chi connectivity index (χ3v) is 6.20. The minimum Gasteiger partial charge on any atom is -0.0841 e. The molecule has 4 aliphatic carbocycles. The SMILES string of the molecule is C1=CC2C(=CC1)CCC1C3CCCC3CCC21. The van der Waals surface area contributed by atoms with Crippen molar-refractivity contribution in [3.63, 3.8) is 0 Å². The molecule has 0 spiro atoms. The number of allylic oxidation sites excluding steroid dienone is 4. The summed E-state index contributed by atoms with van der Waals surface area (Å²) in [5.74, 6) is 5.19. The van der Waals surface area contributed by atoms with Gasteiger partial charge in [-0.3, -0.25) is 0 Å². The maximum Gasteiger partial charge on any atom is 0.000798 e. The molecule has 17 heavy (non-hydrogen) atoms. The number of fused-ring (bicyclic) bond motifs is 5. The fourth-order valence-electron chi connectivity index (χ4n) is 5.52. The van der Waals surface area contributed by atoms with Crippen molar-refractivity contribution in [3.05, 3.63) is 23.8 Å². The molecule has 5 atom stereocenters. The van der Waals surface area contributed by atoms with Crippen molar-refractivity contribution in [1.29, 1.82) is 0 Å². The third-order valence-electron chi connectivity index (χ3n) is 6.20. The van der Waals surface area contributed by atoms with Crippen LogP contribution in [0, 0.1) is 29.6 Å². The van der Waals surface area contributed by atoms with E-state index in [1.807, 2.05) is 0 Å². The highest BCUT2D eigenvalue weighted by Crippen LogP contribution is 2.55. The van der Waals surface area contributed by atoms with Crippen molar-refractivity contribution in [1.82, 2.24) is 0 Å². The molecular weight excluding hydrogens is 204 g/mol. The standard InChI is InChI=1S/C17H24/c1-2-6-14-12(4-1)8-10-17-15-7-3-5-13(15)9-11-16(14)17/h2,4,6,13-17H,1,3,5,7-11H2. The van der Waals surface area contributed by atoms with Crippen LogP contribution in [-0.2, 0) is 0 Å². The molecule has 4 aliphatic rings. The zero-order chi connectivity index (χ0) is 11.2. The maximum absolute atomic E-state index is 2.56. The van der Waals surface area contributed by atoms with Gasteiger partial charge in [-0.05, 0) is 62.2 Å². The summed E-state index contributed by atoms with van der Waals surface area (Å²) in [4.78, 5) is 0. The lowest BCUT2D eigenvalue weighted by atomic mass is 9.57. The lowest BCUT2D eigenvalue weighted by Crippen LogP contribution is -2.39. The van der Waals surface area contributed by atoms with Crippen LogP contribution in [0.4, 0.5) is 0 Å². The van der Waals surface area contributed by atoms with Crippen LogP contribution in [0.5, 0.6) is 0 Å². The topological polar surface area (TPSA) is 0 Å². The molecule has 0 bridgehead atoms. The van der Waals surface area contributed by atoms with E-state index in [0.717, 1.165) is 29.6 Å². The van der Waals surface area contributed by atoms with Gasteiger partial charge in [0.1, 0.15) is 0 Å². The van der Waals surface area contributed by atoms with E-state index in [9.17, 15) is 0 Å². The predicted molar refractivity (Wildman–Crippen MR) is 71.6 cm³/mol.